The SMILES string of the molecule is N#Cc1ccc([N+](=O)[O-])c(NCC(O)C(N)=O)c1. The van der Waals surface area contributed by atoms with Crippen molar-refractivity contribution in [1.29, 1.82) is 5.26 Å². The number of nitro benzene ring substituents is 1. The molecule has 0 heterocycles. The maximum absolute atomic E-state index is 10.7. The summed E-state index contributed by atoms with van der Waals surface area (Å²) >= 11 is 0. The Morgan fingerprint density at radius 3 is 2.83 bits per heavy atom. The van der Waals surface area contributed by atoms with Crippen LogP contribution in [0.5, 0.6) is 0 Å². The first-order valence-corrected chi connectivity index (χ1v) is 4.85. The van der Waals surface area contributed by atoms with E-state index in [1.807, 2.05) is 6.07 Å². The van der Waals surface area contributed by atoms with Gasteiger partial charge in [0.2, 0.25) is 5.91 Å². The summed E-state index contributed by atoms with van der Waals surface area (Å²) in [5, 5.41) is 31.1. The molecule has 8 heteroatoms. The number of nitrogens with two attached hydrogens (primary N) is 1. The number of carbonyl (C=O) groups excluding carboxylic acids is 1. The molecule has 8 nitrogen and oxygen atoms in total. The minimum absolute atomic E-state index is 0.0411. The number of nitro groups is 1. The fraction of sp³-hybridized carbons (Fsp3) is 0.200. The van der Waals surface area contributed by atoms with E-state index in [1.54, 1.807) is 0 Å². The van der Waals surface area contributed by atoms with Crippen LogP contribution < -0.4 is 11.1 Å². The van der Waals surface area contributed by atoms with Crippen molar-refractivity contribution in [1.82, 2.24) is 0 Å². The van der Waals surface area contributed by atoms with Crippen LogP contribution in [-0.4, -0.2) is 28.6 Å². The van der Waals surface area contributed by atoms with Crippen molar-refractivity contribution in [2.45, 2.75) is 6.10 Å². The molecular weight excluding hydrogens is 240 g/mol. The van der Waals surface area contributed by atoms with E-state index in [9.17, 15) is 20.0 Å². The minimum atomic E-state index is -1.46. The molecular formula is C10H10N4O4. The fourth-order valence-corrected chi connectivity index (χ4v) is 1.21. The lowest BCUT2D eigenvalue weighted by Gasteiger charge is -2.10. The lowest BCUT2D eigenvalue weighted by Crippen LogP contribution is -2.34. The Labute approximate surface area is 102 Å². The third kappa shape index (κ3) is 3.16. The van der Waals surface area contributed by atoms with Crippen molar-refractivity contribution in [3.63, 3.8) is 0 Å². The van der Waals surface area contributed by atoms with Crippen LogP contribution in [0.1, 0.15) is 5.56 Å². The molecule has 94 valence electrons. The molecule has 18 heavy (non-hydrogen) atoms. The number of anilines is 1. The van der Waals surface area contributed by atoms with E-state index in [0.717, 1.165) is 6.07 Å². The standard InChI is InChI=1S/C10H10N4O4/c11-4-6-1-2-8(14(17)18)7(3-6)13-5-9(15)10(12)16/h1-3,9,13,15H,5H2,(H2,12,16). The van der Waals surface area contributed by atoms with Gasteiger partial charge in [0.25, 0.3) is 5.69 Å². The van der Waals surface area contributed by atoms with E-state index in [0.29, 0.717) is 0 Å². The van der Waals surface area contributed by atoms with Gasteiger partial charge in [0.1, 0.15) is 11.8 Å². The monoisotopic (exact) mass is 250 g/mol. The summed E-state index contributed by atoms with van der Waals surface area (Å²) in [6, 6.07) is 5.55. The molecule has 1 unspecified atom stereocenters. The first-order chi connectivity index (χ1) is 8.45. The molecule has 0 aliphatic carbocycles. The number of nitriles is 1. The van der Waals surface area contributed by atoms with Gasteiger partial charge in [0.15, 0.2) is 0 Å². The van der Waals surface area contributed by atoms with Crippen LogP contribution in [-0.2, 0) is 4.79 Å². The molecule has 0 spiro atoms. The van der Waals surface area contributed by atoms with Crippen molar-refractivity contribution in [3.05, 3.63) is 33.9 Å². The van der Waals surface area contributed by atoms with E-state index in [4.69, 9.17) is 11.0 Å². The smallest absolute Gasteiger partial charge is 0.292 e. The van der Waals surface area contributed by atoms with Crippen LogP contribution in [0.2, 0.25) is 0 Å². The van der Waals surface area contributed by atoms with Gasteiger partial charge in [-0.15, -0.1) is 0 Å². The molecule has 1 aromatic carbocycles. The fourth-order valence-electron chi connectivity index (χ4n) is 1.21. The van der Waals surface area contributed by atoms with Crippen LogP contribution in [0.25, 0.3) is 0 Å². The van der Waals surface area contributed by atoms with E-state index in [-0.39, 0.29) is 23.5 Å². The first-order valence-electron chi connectivity index (χ1n) is 4.85. The molecule has 0 aliphatic rings. The van der Waals surface area contributed by atoms with Crippen LogP contribution in [0, 0.1) is 21.4 Å². The number of aliphatic hydroxyl groups is 1. The van der Waals surface area contributed by atoms with Gasteiger partial charge >= 0.3 is 0 Å². The molecule has 0 aliphatic heterocycles. The van der Waals surface area contributed by atoms with Gasteiger partial charge in [0.05, 0.1) is 23.1 Å². The van der Waals surface area contributed by atoms with Crippen molar-refractivity contribution in [3.8, 4) is 6.07 Å². The molecule has 0 fully saturated rings. The third-order valence-electron chi connectivity index (χ3n) is 2.14. The average Bonchev–Trinajstić information content (AvgIpc) is 2.34. The minimum Gasteiger partial charge on any atom is -0.381 e. The van der Waals surface area contributed by atoms with Gasteiger partial charge in [-0.05, 0) is 12.1 Å². The van der Waals surface area contributed by atoms with Gasteiger partial charge in [-0.25, -0.2) is 0 Å². The van der Waals surface area contributed by atoms with Crippen molar-refractivity contribution in [2.75, 3.05) is 11.9 Å². The third-order valence-corrected chi connectivity index (χ3v) is 2.14. The molecule has 4 N–H and O–H groups in total. The molecule has 0 radical (unpaired) electrons. The molecule has 0 bridgehead atoms. The van der Waals surface area contributed by atoms with Crippen molar-refractivity contribution >= 4 is 17.3 Å². The Morgan fingerprint density at radius 2 is 2.33 bits per heavy atom. The van der Waals surface area contributed by atoms with E-state index < -0.39 is 16.9 Å². The number of amides is 1. The molecule has 0 aromatic heterocycles. The summed E-state index contributed by atoms with van der Waals surface area (Å²) in [6.07, 6.45) is -1.46. The zero-order valence-electron chi connectivity index (χ0n) is 9.16. The number of aliphatic hydroxyl groups excluding tert-OH is 1. The number of hydrogen-bond donors (Lipinski definition) is 3. The highest BCUT2D eigenvalue weighted by atomic mass is 16.6. The van der Waals surface area contributed by atoms with Crippen LogP contribution in [0.4, 0.5) is 11.4 Å². The summed E-state index contributed by atoms with van der Waals surface area (Å²) in [5.74, 6) is -0.943. The largest absolute Gasteiger partial charge is 0.381 e. The zero-order chi connectivity index (χ0) is 13.7. The van der Waals surface area contributed by atoms with Gasteiger partial charge in [-0.1, -0.05) is 0 Å². The lowest BCUT2D eigenvalue weighted by atomic mass is 10.2. The summed E-state index contributed by atoms with van der Waals surface area (Å²) in [7, 11) is 0. The first kappa shape index (κ1) is 13.4. The van der Waals surface area contributed by atoms with E-state index in [1.165, 1.54) is 12.1 Å². The Bertz CT molecular complexity index is 523. The summed E-state index contributed by atoms with van der Waals surface area (Å²) < 4.78 is 0. The number of nitrogens with one attached hydrogen (secondary N) is 1. The van der Waals surface area contributed by atoms with Gasteiger partial charge < -0.3 is 16.2 Å². The highest BCUT2D eigenvalue weighted by Crippen LogP contribution is 2.25. The predicted octanol–water partition coefficient (Wildman–Crippen LogP) is -0.275. The second-order valence-corrected chi connectivity index (χ2v) is 3.40. The number of primary amides is 1. The Kier molecular flexibility index (Phi) is 4.17. The van der Waals surface area contributed by atoms with Gasteiger partial charge in [0, 0.05) is 6.07 Å². The van der Waals surface area contributed by atoms with Gasteiger partial charge in [-0.3, -0.25) is 14.9 Å². The maximum Gasteiger partial charge on any atom is 0.292 e. The van der Waals surface area contributed by atoms with Crippen molar-refractivity contribution < 1.29 is 14.8 Å². The Morgan fingerprint density at radius 1 is 1.67 bits per heavy atom. The summed E-state index contributed by atoms with van der Waals surface area (Å²) in [4.78, 5) is 20.7. The van der Waals surface area contributed by atoms with Crippen LogP contribution in [0.15, 0.2) is 18.2 Å². The lowest BCUT2D eigenvalue weighted by molar-refractivity contribution is -0.384. The predicted molar refractivity (Wildman–Crippen MR) is 61.5 cm³/mol. The molecule has 1 amide bonds. The zero-order valence-corrected chi connectivity index (χ0v) is 9.16. The van der Waals surface area contributed by atoms with Crippen LogP contribution in [0.3, 0.4) is 0 Å². The molecule has 1 rings (SSSR count). The average molecular weight is 250 g/mol. The quantitative estimate of drug-likeness (QED) is 0.484. The highest BCUT2D eigenvalue weighted by Gasteiger charge is 2.16. The molecule has 0 saturated heterocycles. The maximum atomic E-state index is 10.7. The number of benzene rings is 1. The highest BCUT2D eigenvalue weighted by molar-refractivity contribution is 5.79. The summed E-state index contributed by atoms with van der Waals surface area (Å²) in [5.41, 5.74) is 4.84. The number of hydrogen-bond acceptors (Lipinski definition) is 6. The Balaban J connectivity index is 2.95. The van der Waals surface area contributed by atoms with Crippen molar-refractivity contribution in [2.24, 2.45) is 5.73 Å². The van der Waals surface area contributed by atoms with E-state index >= 15 is 0 Å². The molecule has 1 atom stereocenters. The molecule has 1 aromatic rings. The molecule has 0 saturated carbocycles. The van der Waals surface area contributed by atoms with Crippen LogP contribution >= 0.6 is 0 Å². The number of nitrogens with zero attached hydrogens (tertiary/aromatic N) is 2. The normalized spacial score (nSPS) is 11.3. The topological polar surface area (TPSA) is 142 Å². The Hall–Kier alpha value is -2.66. The summed E-state index contributed by atoms with van der Waals surface area (Å²) in [6.45, 7) is -0.273. The second-order valence-electron chi connectivity index (χ2n) is 3.40. The number of rotatable bonds is 5. The van der Waals surface area contributed by atoms with E-state index in [2.05, 4.69) is 5.32 Å². The number of carbonyl (C=O) groups is 1. The second kappa shape index (κ2) is 5.60. The van der Waals surface area contributed by atoms with Gasteiger partial charge in [-0.2, -0.15) is 5.26 Å².